The number of carbonyl (C=O) groups is 2. The van der Waals surface area contributed by atoms with E-state index in [1.807, 2.05) is 70.5 Å². The fraction of sp³-hybridized carbons (Fsp3) is 0.333. The Kier molecular flexibility index (Phi) is 7.86. The van der Waals surface area contributed by atoms with Gasteiger partial charge in [0.15, 0.2) is 0 Å². The maximum atomic E-state index is 14.0. The smallest absolute Gasteiger partial charge is 0.258 e. The predicted octanol–water partition coefficient (Wildman–Crippen LogP) is 6.79. The van der Waals surface area contributed by atoms with E-state index in [1.54, 1.807) is 19.2 Å². The number of para-hydroxylation sites is 2. The van der Waals surface area contributed by atoms with Crippen LogP contribution in [-0.4, -0.2) is 25.0 Å². The number of hydrogen-bond acceptors (Lipinski definition) is 3. The maximum absolute atomic E-state index is 14.0. The molecule has 35 heavy (non-hydrogen) atoms. The first kappa shape index (κ1) is 24.5. The number of carbonyl (C=O) groups excluding carboxylic acids is 2. The molecule has 0 aliphatic carbocycles. The molecule has 5 heteroatoms. The molecule has 0 saturated carbocycles. The van der Waals surface area contributed by atoms with Gasteiger partial charge in [0.25, 0.3) is 5.91 Å². The highest BCUT2D eigenvalue weighted by molar-refractivity contribution is 6.07. The van der Waals surface area contributed by atoms with E-state index in [9.17, 15) is 9.59 Å². The van der Waals surface area contributed by atoms with Crippen LogP contribution in [0.3, 0.4) is 0 Å². The van der Waals surface area contributed by atoms with Crippen molar-refractivity contribution in [2.75, 3.05) is 16.9 Å². The molecule has 5 nitrogen and oxygen atoms in total. The van der Waals surface area contributed by atoms with Crippen molar-refractivity contribution in [3.8, 4) is 5.75 Å². The Hall–Kier alpha value is -3.60. The summed E-state index contributed by atoms with van der Waals surface area (Å²) in [5.41, 5.74) is 3.34. The third kappa shape index (κ3) is 5.24. The Morgan fingerprint density at radius 3 is 2.31 bits per heavy atom. The Balaban J connectivity index is 1.74. The van der Waals surface area contributed by atoms with Crippen molar-refractivity contribution in [3.63, 3.8) is 0 Å². The molecule has 1 heterocycles. The summed E-state index contributed by atoms with van der Waals surface area (Å²) in [5.74, 6) is 0.792. The van der Waals surface area contributed by atoms with E-state index in [1.165, 1.54) is 0 Å². The molecule has 1 aliphatic heterocycles. The fourth-order valence-corrected chi connectivity index (χ4v) is 4.95. The number of rotatable bonds is 8. The molecule has 0 aromatic heterocycles. The average Bonchev–Trinajstić information content (AvgIpc) is 2.89. The van der Waals surface area contributed by atoms with E-state index in [0.29, 0.717) is 24.2 Å². The lowest BCUT2D eigenvalue weighted by molar-refractivity contribution is -0.119. The highest BCUT2D eigenvalue weighted by atomic mass is 16.5. The molecule has 0 bridgehead atoms. The SMILES string of the molecule is CCCCCC(=O)N1c2ccccc2[C@H](N(C(=O)c2ccc(OC)cc2)c2ccccc2)C[C@H]1C. The van der Waals surface area contributed by atoms with E-state index < -0.39 is 0 Å². The van der Waals surface area contributed by atoms with E-state index in [4.69, 9.17) is 4.74 Å². The number of nitrogens with zero attached hydrogens (tertiary/aromatic N) is 2. The number of hydrogen-bond donors (Lipinski definition) is 0. The molecule has 0 spiro atoms. The Bertz CT molecular complexity index is 1140. The number of methoxy groups -OCH3 is 1. The van der Waals surface area contributed by atoms with Gasteiger partial charge < -0.3 is 14.5 Å². The molecule has 3 aromatic carbocycles. The molecule has 2 amide bonds. The Morgan fingerprint density at radius 1 is 0.943 bits per heavy atom. The van der Waals surface area contributed by atoms with Crippen LogP contribution in [0.1, 0.15) is 67.9 Å². The highest BCUT2D eigenvalue weighted by Gasteiger charge is 2.38. The van der Waals surface area contributed by atoms with Gasteiger partial charge in [0.1, 0.15) is 5.75 Å². The topological polar surface area (TPSA) is 49.9 Å². The summed E-state index contributed by atoms with van der Waals surface area (Å²) in [7, 11) is 1.61. The number of amides is 2. The van der Waals surface area contributed by atoms with Crippen molar-refractivity contribution in [1.82, 2.24) is 0 Å². The lowest BCUT2D eigenvalue weighted by Crippen LogP contribution is -2.47. The van der Waals surface area contributed by atoms with Gasteiger partial charge in [-0.2, -0.15) is 0 Å². The highest BCUT2D eigenvalue weighted by Crippen LogP contribution is 2.43. The van der Waals surface area contributed by atoms with Crippen LogP contribution in [0.25, 0.3) is 0 Å². The van der Waals surface area contributed by atoms with E-state index >= 15 is 0 Å². The van der Waals surface area contributed by atoms with Crippen LogP contribution in [-0.2, 0) is 4.79 Å². The molecule has 0 radical (unpaired) electrons. The molecule has 4 rings (SSSR count). The van der Waals surface area contributed by atoms with E-state index in [-0.39, 0.29) is 23.9 Å². The average molecular weight is 471 g/mol. The van der Waals surface area contributed by atoms with E-state index in [2.05, 4.69) is 19.9 Å². The monoisotopic (exact) mass is 470 g/mol. The van der Waals surface area contributed by atoms with Gasteiger partial charge in [-0.25, -0.2) is 0 Å². The molecule has 0 fully saturated rings. The molecule has 0 saturated heterocycles. The van der Waals surface area contributed by atoms with Crippen molar-refractivity contribution < 1.29 is 14.3 Å². The predicted molar refractivity (Wildman–Crippen MR) is 141 cm³/mol. The minimum atomic E-state index is -0.196. The van der Waals surface area contributed by atoms with E-state index in [0.717, 1.165) is 36.2 Å². The maximum Gasteiger partial charge on any atom is 0.258 e. The van der Waals surface area contributed by atoms with Gasteiger partial charge in [-0.3, -0.25) is 9.59 Å². The number of benzene rings is 3. The molecule has 1 aliphatic rings. The van der Waals surface area contributed by atoms with Crippen LogP contribution in [0.2, 0.25) is 0 Å². The Morgan fingerprint density at radius 2 is 1.63 bits per heavy atom. The zero-order valence-electron chi connectivity index (χ0n) is 20.8. The fourth-order valence-electron chi connectivity index (χ4n) is 4.95. The van der Waals surface area contributed by atoms with Crippen LogP contribution < -0.4 is 14.5 Å². The first-order valence-corrected chi connectivity index (χ1v) is 12.5. The molecule has 2 atom stereocenters. The van der Waals surface area contributed by atoms with Gasteiger partial charge in [0.2, 0.25) is 5.91 Å². The summed E-state index contributed by atoms with van der Waals surface area (Å²) in [6, 6.07) is 24.8. The summed E-state index contributed by atoms with van der Waals surface area (Å²) in [4.78, 5) is 31.0. The third-order valence-electron chi connectivity index (χ3n) is 6.73. The molecule has 182 valence electrons. The number of anilines is 2. The van der Waals surface area contributed by atoms with Crippen molar-refractivity contribution in [2.45, 2.75) is 58.0 Å². The molecular formula is C30H34N2O3. The lowest BCUT2D eigenvalue weighted by atomic mass is 9.89. The largest absolute Gasteiger partial charge is 0.497 e. The zero-order chi connectivity index (χ0) is 24.8. The van der Waals surface area contributed by atoms with Crippen LogP contribution >= 0.6 is 0 Å². The van der Waals surface area contributed by atoms with Gasteiger partial charge in [-0.1, -0.05) is 56.2 Å². The normalized spacial score (nSPS) is 16.9. The van der Waals surface area contributed by atoms with Gasteiger partial charge in [0.05, 0.1) is 13.2 Å². The van der Waals surface area contributed by atoms with Gasteiger partial charge in [0, 0.05) is 29.4 Å². The van der Waals surface area contributed by atoms with Crippen LogP contribution in [0.4, 0.5) is 11.4 Å². The van der Waals surface area contributed by atoms with Crippen LogP contribution in [0.5, 0.6) is 5.75 Å². The van der Waals surface area contributed by atoms with Crippen molar-refractivity contribution in [1.29, 1.82) is 0 Å². The Labute approximate surface area is 208 Å². The summed E-state index contributed by atoms with van der Waals surface area (Å²) in [6.45, 7) is 4.23. The molecule has 3 aromatic rings. The van der Waals surface area contributed by atoms with Gasteiger partial charge >= 0.3 is 0 Å². The first-order valence-electron chi connectivity index (χ1n) is 12.5. The second-order valence-electron chi connectivity index (χ2n) is 9.12. The third-order valence-corrected chi connectivity index (χ3v) is 6.73. The summed E-state index contributed by atoms with van der Waals surface area (Å²) in [5, 5.41) is 0. The standard InChI is InChI=1S/C30H34N2O3/c1-4-5-7-16-29(33)31-22(2)21-28(26-14-10-11-15-27(26)31)32(24-12-8-6-9-13-24)30(34)23-17-19-25(35-3)20-18-23/h6,8-15,17-20,22,28H,4-5,7,16,21H2,1-3H3/t22-,28-/m1/s1. The molecular weight excluding hydrogens is 436 g/mol. The summed E-state index contributed by atoms with van der Waals surface area (Å²) < 4.78 is 5.28. The minimum Gasteiger partial charge on any atom is -0.497 e. The van der Waals surface area contributed by atoms with Crippen molar-refractivity contribution in [3.05, 3.63) is 90.0 Å². The van der Waals surface area contributed by atoms with Crippen molar-refractivity contribution >= 4 is 23.2 Å². The second kappa shape index (κ2) is 11.2. The van der Waals surface area contributed by atoms with Gasteiger partial charge in [-0.05, 0) is 67.8 Å². The zero-order valence-corrected chi connectivity index (χ0v) is 20.8. The number of fused-ring (bicyclic) bond motifs is 1. The molecule has 0 N–H and O–H groups in total. The summed E-state index contributed by atoms with van der Waals surface area (Å²) in [6.07, 6.45) is 4.24. The molecule has 0 unspecified atom stereocenters. The number of unbranched alkanes of at least 4 members (excludes halogenated alkanes) is 2. The summed E-state index contributed by atoms with van der Waals surface area (Å²) >= 11 is 0. The second-order valence-corrected chi connectivity index (χ2v) is 9.12. The minimum absolute atomic E-state index is 0.0288. The van der Waals surface area contributed by atoms with Gasteiger partial charge in [-0.15, -0.1) is 0 Å². The quantitative estimate of drug-likeness (QED) is 0.341. The number of ether oxygens (including phenoxy) is 1. The van der Waals surface area contributed by atoms with Crippen molar-refractivity contribution in [2.24, 2.45) is 0 Å². The first-order chi connectivity index (χ1) is 17.0. The lowest BCUT2D eigenvalue weighted by Gasteiger charge is -2.43. The van der Waals surface area contributed by atoms with Crippen LogP contribution in [0, 0.1) is 0 Å². The van der Waals surface area contributed by atoms with Crippen LogP contribution in [0.15, 0.2) is 78.9 Å².